The normalized spacial score (nSPS) is 29.4. The van der Waals surface area contributed by atoms with Gasteiger partial charge >= 0.3 is 6.08 Å². The molecule has 2 aliphatic carbocycles. The number of ether oxygens (including phenoxy) is 1. The Morgan fingerprint density at radius 2 is 1.83 bits per heavy atom. The largest absolute Gasteiger partial charge is 0.445 e. The molecule has 2 aliphatic heterocycles. The van der Waals surface area contributed by atoms with Gasteiger partial charge < -0.3 is 24.7 Å². The minimum atomic E-state index is -3.93. The second kappa shape index (κ2) is 12.6. The first-order chi connectivity index (χ1) is 23.1. The van der Waals surface area contributed by atoms with Crippen LogP contribution < -0.4 is 20.1 Å². The number of anilines is 1. The summed E-state index contributed by atoms with van der Waals surface area (Å²) in [6.07, 6.45) is 8.55. The molecule has 3 aromatic rings. The molecule has 48 heavy (non-hydrogen) atoms. The molecule has 0 unspecified atom stereocenters. The fourth-order valence-electron chi connectivity index (χ4n) is 6.73. The van der Waals surface area contributed by atoms with Crippen molar-refractivity contribution in [3.05, 3.63) is 66.7 Å². The van der Waals surface area contributed by atoms with Crippen molar-refractivity contribution < 1.29 is 32.0 Å². The lowest BCUT2D eigenvalue weighted by atomic mass is 10.0. The van der Waals surface area contributed by atoms with Crippen LogP contribution in [0.15, 0.2) is 71.2 Å². The highest BCUT2D eigenvalue weighted by molar-refractivity contribution is 7.91. The minimum absolute atomic E-state index is 0.0396. The molecule has 0 radical (unpaired) electrons. The number of hydrogen-bond acceptors (Lipinski definition) is 9. The summed E-state index contributed by atoms with van der Waals surface area (Å²) >= 11 is 0. The monoisotopic (exact) mass is 675 g/mol. The van der Waals surface area contributed by atoms with Gasteiger partial charge in [-0.25, -0.2) is 8.42 Å². The third kappa shape index (κ3) is 6.39. The summed E-state index contributed by atoms with van der Waals surface area (Å²) in [7, 11) is -3.93. The molecular weight excluding hydrogens is 634 g/mol. The molecule has 1 saturated heterocycles. The molecule has 4 aliphatic rings. The van der Waals surface area contributed by atoms with Gasteiger partial charge in [-0.3, -0.25) is 19.1 Å². The Morgan fingerprint density at radius 3 is 2.60 bits per heavy atom. The van der Waals surface area contributed by atoms with Crippen molar-refractivity contribution >= 4 is 44.5 Å². The summed E-state index contributed by atoms with van der Waals surface area (Å²) in [4.78, 5) is 48.3. The molecule has 3 amide bonds. The van der Waals surface area contributed by atoms with Crippen LogP contribution in [0, 0.1) is 5.92 Å². The molecule has 3 heterocycles. The summed E-state index contributed by atoms with van der Waals surface area (Å²) < 4.78 is 39.3. The fourth-order valence-corrected chi connectivity index (χ4v) is 8.04. The summed E-state index contributed by atoms with van der Waals surface area (Å²) in [6, 6.07) is 15.1. The number of rotatable bonds is 7. The van der Waals surface area contributed by atoms with E-state index < -0.39 is 50.3 Å². The van der Waals surface area contributed by atoms with Crippen molar-refractivity contribution in [3.8, 4) is 6.08 Å². The molecule has 3 fully saturated rings. The second-order valence-corrected chi connectivity index (χ2v) is 15.9. The highest BCUT2D eigenvalue weighted by Gasteiger charge is 2.63. The van der Waals surface area contributed by atoms with Gasteiger partial charge in [0, 0.05) is 18.0 Å². The highest BCUT2D eigenvalue weighted by atomic mass is 32.2. The molecule has 254 valence electrons. The van der Waals surface area contributed by atoms with E-state index in [1.165, 1.54) is 4.90 Å². The van der Waals surface area contributed by atoms with Gasteiger partial charge in [-0.1, -0.05) is 55.3 Å². The third-order valence-electron chi connectivity index (χ3n) is 10.1. The van der Waals surface area contributed by atoms with E-state index in [9.17, 15) is 22.8 Å². The predicted octanol–water partition coefficient (Wildman–Crippen LogP) is 4.05. The van der Waals surface area contributed by atoms with Gasteiger partial charge in [-0.05, 0) is 69.7 Å². The lowest BCUT2D eigenvalue weighted by molar-refractivity contribution is -0.140. The smallest absolute Gasteiger partial charge is 0.394 e. The molecule has 0 spiro atoms. The van der Waals surface area contributed by atoms with Crippen LogP contribution in [-0.2, 0) is 24.4 Å². The van der Waals surface area contributed by atoms with Crippen LogP contribution in [0.25, 0.3) is 11.1 Å². The van der Waals surface area contributed by atoms with Gasteiger partial charge in [-0.15, -0.1) is 0 Å². The Bertz CT molecular complexity index is 1810. The van der Waals surface area contributed by atoms with Crippen LogP contribution >= 0.6 is 0 Å². The van der Waals surface area contributed by atoms with Gasteiger partial charge in [0.25, 0.3) is 5.91 Å². The third-order valence-corrected chi connectivity index (χ3v) is 12.3. The van der Waals surface area contributed by atoms with E-state index in [1.807, 2.05) is 54.6 Å². The van der Waals surface area contributed by atoms with E-state index in [-0.39, 0.29) is 37.3 Å². The number of sulfonamides is 1. The summed E-state index contributed by atoms with van der Waals surface area (Å²) in [6.45, 7) is 1.70. The zero-order valence-electron chi connectivity index (χ0n) is 26.9. The predicted molar refractivity (Wildman–Crippen MR) is 178 cm³/mol. The summed E-state index contributed by atoms with van der Waals surface area (Å²) in [5, 5.41) is 6.30. The standard InChI is InChI=1S/C35H41N5O7S/c1-34(18-19-34)48(44,45)39-32(43)35-21-23(35)12-6-3-2-4-9-16-27(36-24-13-7-5-8-14-24)31(42)40-22-25(20-28(40)30(41)38-35)46-33-37-26-15-10-11-17-29(26)47-33/h5-8,10-15,17,23,25,27-28,36H,2-4,9,16,18-22H2,1H3,(H,38,41)(H,39,43)/b12-6-/t23-,25-,27+,28+,35-/m1/s1. The van der Waals surface area contributed by atoms with Crippen LogP contribution in [0.3, 0.4) is 0 Å². The minimum Gasteiger partial charge on any atom is -0.445 e. The number of nitrogens with zero attached hydrogens (tertiary/aromatic N) is 2. The first-order valence-corrected chi connectivity index (χ1v) is 18.2. The second-order valence-electron chi connectivity index (χ2n) is 13.7. The van der Waals surface area contributed by atoms with Crippen LogP contribution in [0.1, 0.15) is 64.7 Å². The maximum atomic E-state index is 14.4. The SMILES string of the molecule is CC1(S(=O)(=O)NC(=O)[C@@]23C[C@H]2/C=C\CCCCC[C@H](Nc2ccccc2)C(=O)N2C[C@H](Oc4nc5ccccc5o4)C[C@H]2C(=O)N3)CC1. The first kappa shape index (κ1) is 32.2. The van der Waals surface area contributed by atoms with E-state index in [4.69, 9.17) is 9.15 Å². The van der Waals surface area contributed by atoms with Crippen molar-refractivity contribution in [3.63, 3.8) is 0 Å². The maximum absolute atomic E-state index is 14.4. The topological polar surface area (TPSA) is 160 Å². The van der Waals surface area contributed by atoms with Gasteiger partial charge in [0.1, 0.15) is 29.2 Å². The van der Waals surface area contributed by atoms with Crippen LogP contribution in [0.2, 0.25) is 0 Å². The quantitative estimate of drug-likeness (QED) is 0.314. The molecule has 1 aromatic heterocycles. The van der Waals surface area contributed by atoms with E-state index >= 15 is 0 Å². The zero-order valence-corrected chi connectivity index (χ0v) is 27.7. The molecule has 3 N–H and O–H groups in total. The number of amides is 3. The highest BCUT2D eigenvalue weighted by Crippen LogP contribution is 2.47. The van der Waals surface area contributed by atoms with Crippen molar-refractivity contribution in [1.82, 2.24) is 19.9 Å². The first-order valence-electron chi connectivity index (χ1n) is 16.8. The van der Waals surface area contributed by atoms with Gasteiger partial charge in [0.15, 0.2) is 5.58 Å². The number of benzene rings is 2. The van der Waals surface area contributed by atoms with Crippen LogP contribution in [0.4, 0.5) is 5.69 Å². The van der Waals surface area contributed by atoms with Gasteiger partial charge in [0.2, 0.25) is 21.8 Å². The number of aromatic nitrogens is 1. The molecule has 2 aromatic carbocycles. The number of para-hydroxylation sites is 3. The summed E-state index contributed by atoms with van der Waals surface area (Å²) in [5.41, 5.74) is 0.522. The van der Waals surface area contributed by atoms with E-state index in [0.717, 1.165) is 31.4 Å². The molecule has 13 heteroatoms. The lowest BCUT2D eigenvalue weighted by Gasteiger charge is -2.30. The number of nitrogens with one attached hydrogen (secondary N) is 3. The number of fused-ring (bicyclic) bond motifs is 3. The number of hydrogen-bond donors (Lipinski definition) is 3. The fraction of sp³-hybridized carbons (Fsp3) is 0.486. The average Bonchev–Trinajstić information content (AvgIpc) is 3.87. The molecular formula is C35H41N5O7S. The molecule has 12 nitrogen and oxygen atoms in total. The number of carbonyl (C=O) groups is 3. The molecule has 5 atom stereocenters. The lowest BCUT2D eigenvalue weighted by Crippen LogP contribution is -2.58. The van der Waals surface area contributed by atoms with E-state index in [2.05, 4.69) is 20.3 Å². The molecule has 7 rings (SSSR count). The Hall–Kier alpha value is -4.39. The Labute approximate surface area is 279 Å². The maximum Gasteiger partial charge on any atom is 0.394 e. The van der Waals surface area contributed by atoms with Gasteiger partial charge in [-0.2, -0.15) is 4.98 Å². The van der Waals surface area contributed by atoms with E-state index in [1.54, 1.807) is 19.1 Å². The number of allylic oxidation sites excluding steroid dienone is 1. The van der Waals surface area contributed by atoms with Gasteiger partial charge in [0.05, 0.1) is 11.3 Å². The van der Waals surface area contributed by atoms with E-state index in [0.29, 0.717) is 30.4 Å². The molecule has 2 saturated carbocycles. The Morgan fingerprint density at radius 1 is 1.06 bits per heavy atom. The van der Waals surface area contributed by atoms with Crippen molar-refractivity contribution in [2.75, 3.05) is 11.9 Å². The van der Waals surface area contributed by atoms with Crippen molar-refractivity contribution in [2.45, 2.75) is 93.2 Å². The van der Waals surface area contributed by atoms with Crippen molar-refractivity contribution in [2.24, 2.45) is 5.92 Å². The average molecular weight is 676 g/mol. The zero-order chi connectivity index (χ0) is 33.5. The Balaban J connectivity index is 1.18. The summed E-state index contributed by atoms with van der Waals surface area (Å²) in [5.74, 6) is -1.92. The van der Waals surface area contributed by atoms with Crippen LogP contribution in [0.5, 0.6) is 6.08 Å². The Kier molecular flexibility index (Phi) is 8.42. The number of carbonyl (C=O) groups excluding carboxylic acids is 3. The number of oxazole rings is 1. The van der Waals surface area contributed by atoms with Crippen molar-refractivity contribution in [1.29, 1.82) is 0 Å². The van der Waals surface area contributed by atoms with Crippen LogP contribution in [-0.4, -0.2) is 71.0 Å². The molecule has 0 bridgehead atoms.